The summed E-state index contributed by atoms with van der Waals surface area (Å²) in [6.07, 6.45) is 1.77. The van der Waals surface area contributed by atoms with Crippen LogP contribution in [0.5, 0.6) is 5.88 Å². The van der Waals surface area contributed by atoms with E-state index in [2.05, 4.69) is 12.1 Å². The van der Waals surface area contributed by atoms with Crippen LogP contribution < -0.4 is 4.74 Å². The van der Waals surface area contributed by atoms with Crippen molar-refractivity contribution < 1.29 is 4.74 Å². The van der Waals surface area contributed by atoms with Gasteiger partial charge < -0.3 is 4.74 Å². The van der Waals surface area contributed by atoms with E-state index >= 15 is 0 Å². The Balaban J connectivity index is 2.67. The molecule has 0 aliphatic heterocycles. The van der Waals surface area contributed by atoms with Crippen LogP contribution in [0.4, 0.5) is 0 Å². The molecule has 2 nitrogen and oxygen atoms in total. The Morgan fingerprint density at radius 3 is 2.67 bits per heavy atom. The molecule has 2 aromatic rings. The minimum atomic E-state index is 0.550. The van der Waals surface area contributed by atoms with Crippen LogP contribution in [0.1, 0.15) is 0 Å². The van der Waals surface area contributed by atoms with Crippen molar-refractivity contribution in [3.8, 4) is 5.88 Å². The largest absolute Gasteiger partial charge is 0.474 e. The predicted octanol–water partition coefficient (Wildman–Crippen LogP) is 2.41. The molecule has 1 aromatic heterocycles. The van der Waals surface area contributed by atoms with Crippen LogP contribution in [-0.2, 0) is 0 Å². The van der Waals surface area contributed by atoms with Crippen molar-refractivity contribution in [3.05, 3.63) is 43.6 Å². The van der Waals surface area contributed by atoms with Crippen molar-refractivity contribution in [1.29, 1.82) is 0 Å². The van der Waals surface area contributed by atoms with E-state index in [1.807, 2.05) is 30.3 Å². The normalized spacial score (nSPS) is 10.1. The second-order valence-corrected chi connectivity index (χ2v) is 2.51. The Labute approximate surface area is 70.8 Å². The van der Waals surface area contributed by atoms with Crippen LogP contribution >= 0.6 is 0 Å². The highest BCUT2D eigenvalue weighted by molar-refractivity contribution is 5.82. The van der Waals surface area contributed by atoms with Crippen LogP contribution in [0.15, 0.2) is 36.5 Å². The summed E-state index contributed by atoms with van der Waals surface area (Å²) in [5, 5.41) is 2.23. The van der Waals surface area contributed by atoms with E-state index in [4.69, 9.17) is 4.74 Å². The quantitative estimate of drug-likeness (QED) is 0.635. The maximum atomic E-state index is 4.76. The molecule has 0 fully saturated rings. The Morgan fingerprint density at radius 1 is 1.17 bits per heavy atom. The van der Waals surface area contributed by atoms with Gasteiger partial charge in [0.25, 0.3) is 0 Å². The van der Waals surface area contributed by atoms with Crippen LogP contribution in [0, 0.1) is 7.11 Å². The van der Waals surface area contributed by atoms with E-state index in [-0.39, 0.29) is 0 Å². The van der Waals surface area contributed by atoms with Gasteiger partial charge in [-0.1, -0.05) is 24.3 Å². The molecule has 0 N–H and O–H groups in total. The minimum Gasteiger partial charge on any atom is -0.474 e. The number of fused-ring (bicyclic) bond motifs is 1. The molecule has 0 saturated heterocycles. The zero-order chi connectivity index (χ0) is 8.39. The third kappa shape index (κ3) is 1.11. The van der Waals surface area contributed by atoms with Gasteiger partial charge in [-0.05, 0) is 5.39 Å². The molecule has 59 valence electrons. The van der Waals surface area contributed by atoms with Gasteiger partial charge in [-0.25, -0.2) is 4.98 Å². The number of ether oxygens (including phenoxy) is 1. The van der Waals surface area contributed by atoms with Gasteiger partial charge >= 0.3 is 0 Å². The number of benzene rings is 1. The van der Waals surface area contributed by atoms with E-state index < -0.39 is 0 Å². The summed E-state index contributed by atoms with van der Waals surface area (Å²) in [7, 11) is 3.30. The molecule has 12 heavy (non-hydrogen) atoms. The standard InChI is InChI=1S/C10H8NO/c1-12-10-6-8-4-2-3-5-9(8)7-11-10/h2-7H,1H2. The van der Waals surface area contributed by atoms with Gasteiger partial charge in [0, 0.05) is 17.6 Å². The zero-order valence-corrected chi connectivity index (χ0v) is 6.53. The first-order valence-electron chi connectivity index (χ1n) is 3.67. The highest BCUT2D eigenvalue weighted by Crippen LogP contribution is 2.16. The van der Waals surface area contributed by atoms with Crippen molar-refractivity contribution in [1.82, 2.24) is 4.98 Å². The van der Waals surface area contributed by atoms with Gasteiger partial charge in [0.1, 0.15) is 7.11 Å². The first-order valence-corrected chi connectivity index (χ1v) is 3.67. The Hall–Kier alpha value is -1.57. The molecule has 0 saturated carbocycles. The fourth-order valence-corrected chi connectivity index (χ4v) is 1.14. The number of hydrogen-bond donors (Lipinski definition) is 0. The lowest BCUT2D eigenvalue weighted by molar-refractivity contribution is 0.454. The van der Waals surface area contributed by atoms with Crippen molar-refractivity contribution >= 4 is 10.8 Å². The first kappa shape index (κ1) is 7.10. The second-order valence-electron chi connectivity index (χ2n) is 2.51. The zero-order valence-electron chi connectivity index (χ0n) is 6.53. The number of pyridine rings is 1. The molecule has 1 heterocycles. The average Bonchev–Trinajstić information content (AvgIpc) is 2.17. The second kappa shape index (κ2) is 2.81. The van der Waals surface area contributed by atoms with Crippen molar-refractivity contribution in [2.45, 2.75) is 0 Å². The summed E-state index contributed by atoms with van der Waals surface area (Å²) in [5.41, 5.74) is 0. The molecule has 2 heteroatoms. The molecule has 0 aliphatic rings. The summed E-state index contributed by atoms with van der Waals surface area (Å²) in [6, 6.07) is 9.85. The lowest BCUT2D eigenvalue weighted by Crippen LogP contribution is -1.83. The monoisotopic (exact) mass is 158 g/mol. The smallest absolute Gasteiger partial charge is 0.213 e. The summed E-state index contributed by atoms with van der Waals surface area (Å²) < 4.78 is 4.76. The lowest BCUT2D eigenvalue weighted by Gasteiger charge is -1.99. The van der Waals surface area contributed by atoms with E-state index in [9.17, 15) is 0 Å². The van der Waals surface area contributed by atoms with Gasteiger partial charge in [0.2, 0.25) is 5.88 Å². The van der Waals surface area contributed by atoms with E-state index in [0.29, 0.717) is 5.88 Å². The molecule has 0 atom stereocenters. The lowest BCUT2D eigenvalue weighted by atomic mass is 10.2. The highest BCUT2D eigenvalue weighted by atomic mass is 16.5. The topological polar surface area (TPSA) is 22.1 Å². The van der Waals surface area contributed by atoms with E-state index in [1.165, 1.54) is 0 Å². The summed E-state index contributed by atoms with van der Waals surface area (Å²) in [4.78, 5) is 4.04. The molecule has 2 rings (SSSR count). The van der Waals surface area contributed by atoms with Gasteiger partial charge in [-0.3, -0.25) is 0 Å². The third-order valence-electron chi connectivity index (χ3n) is 1.75. The molecular formula is C10H8NO. The molecule has 0 spiro atoms. The van der Waals surface area contributed by atoms with Crippen molar-refractivity contribution in [2.24, 2.45) is 0 Å². The van der Waals surface area contributed by atoms with E-state index in [1.54, 1.807) is 6.20 Å². The van der Waals surface area contributed by atoms with Gasteiger partial charge in [0.05, 0.1) is 0 Å². The van der Waals surface area contributed by atoms with E-state index in [0.717, 1.165) is 10.8 Å². The third-order valence-corrected chi connectivity index (χ3v) is 1.75. The Bertz CT molecular complexity index is 398. The molecule has 0 aliphatic carbocycles. The summed E-state index contributed by atoms with van der Waals surface area (Å²) in [5.74, 6) is 0.550. The Kier molecular flexibility index (Phi) is 1.67. The van der Waals surface area contributed by atoms with Crippen LogP contribution in [0.3, 0.4) is 0 Å². The maximum Gasteiger partial charge on any atom is 0.213 e. The number of rotatable bonds is 1. The van der Waals surface area contributed by atoms with Gasteiger partial charge in [0.15, 0.2) is 0 Å². The molecule has 0 amide bonds. The molecule has 1 aromatic carbocycles. The summed E-state index contributed by atoms with van der Waals surface area (Å²) in [6.45, 7) is 0. The number of hydrogen-bond acceptors (Lipinski definition) is 2. The van der Waals surface area contributed by atoms with Gasteiger partial charge in [-0.15, -0.1) is 0 Å². The first-order chi connectivity index (χ1) is 5.90. The maximum absolute atomic E-state index is 4.76. The molecule has 1 radical (unpaired) electrons. The fourth-order valence-electron chi connectivity index (χ4n) is 1.14. The SMILES string of the molecule is [CH2]Oc1cc2ccccc2cn1. The number of aromatic nitrogens is 1. The average molecular weight is 158 g/mol. The summed E-state index contributed by atoms with van der Waals surface area (Å²) >= 11 is 0. The van der Waals surface area contributed by atoms with Crippen LogP contribution in [0.2, 0.25) is 0 Å². The number of nitrogens with zero attached hydrogens (tertiary/aromatic N) is 1. The molecule has 0 unspecified atom stereocenters. The van der Waals surface area contributed by atoms with Crippen LogP contribution in [0.25, 0.3) is 10.8 Å². The highest BCUT2D eigenvalue weighted by Gasteiger charge is 1.94. The molecule has 0 bridgehead atoms. The predicted molar refractivity (Wildman–Crippen MR) is 47.7 cm³/mol. The van der Waals surface area contributed by atoms with Gasteiger partial charge in [-0.2, -0.15) is 0 Å². The Morgan fingerprint density at radius 2 is 1.92 bits per heavy atom. The fraction of sp³-hybridized carbons (Fsp3) is 0. The van der Waals surface area contributed by atoms with Crippen molar-refractivity contribution in [2.75, 3.05) is 0 Å². The molecular weight excluding hydrogens is 150 g/mol. The van der Waals surface area contributed by atoms with Crippen molar-refractivity contribution in [3.63, 3.8) is 0 Å². The minimum absolute atomic E-state index is 0.550. The van der Waals surface area contributed by atoms with Crippen LogP contribution in [-0.4, -0.2) is 4.98 Å².